The molecule has 1 aliphatic heterocycles. The van der Waals surface area contributed by atoms with Gasteiger partial charge in [0.05, 0.1) is 24.4 Å². The van der Waals surface area contributed by atoms with Crippen LogP contribution in [-0.4, -0.2) is 29.3 Å². The fourth-order valence-electron chi connectivity index (χ4n) is 3.60. The molecule has 1 saturated heterocycles. The van der Waals surface area contributed by atoms with Crippen molar-refractivity contribution in [2.75, 3.05) is 18.0 Å². The highest BCUT2D eigenvalue weighted by Crippen LogP contribution is 2.27. The molecule has 1 aromatic carbocycles. The van der Waals surface area contributed by atoms with E-state index in [9.17, 15) is 5.11 Å². The fourth-order valence-corrected chi connectivity index (χ4v) is 3.60. The van der Waals surface area contributed by atoms with E-state index in [0.29, 0.717) is 19.6 Å². The van der Waals surface area contributed by atoms with E-state index in [4.69, 9.17) is 9.40 Å². The van der Waals surface area contributed by atoms with Gasteiger partial charge in [0.1, 0.15) is 11.6 Å². The Morgan fingerprint density at radius 2 is 2.19 bits per heavy atom. The van der Waals surface area contributed by atoms with E-state index in [1.54, 1.807) is 6.26 Å². The van der Waals surface area contributed by atoms with E-state index in [2.05, 4.69) is 41.4 Å². The first-order chi connectivity index (χ1) is 12.7. The van der Waals surface area contributed by atoms with E-state index in [1.807, 2.05) is 12.1 Å². The summed E-state index contributed by atoms with van der Waals surface area (Å²) in [5.41, 5.74) is 3.37. The number of nitrogens with one attached hydrogen (secondary N) is 1. The summed E-state index contributed by atoms with van der Waals surface area (Å²) in [7, 11) is 0. The number of furan rings is 1. The molecule has 26 heavy (non-hydrogen) atoms. The summed E-state index contributed by atoms with van der Waals surface area (Å²) < 4.78 is 5.39. The molecule has 2 N–H and O–H groups in total. The van der Waals surface area contributed by atoms with Gasteiger partial charge in [-0.3, -0.25) is 0 Å². The average Bonchev–Trinajstić information content (AvgIpc) is 3.15. The summed E-state index contributed by atoms with van der Waals surface area (Å²) in [5, 5.41) is 14.7. The first-order valence-electron chi connectivity index (χ1n) is 9.25. The Labute approximate surface area is 153 Å². The van der Waals surface area contributed by atoms with Gasteiger partial charge < -0.3 is 19.7 Å². The second-order valence-corrected chi connectivity index (χ2v) is 7.09. The third-order valence-electron chi connectivity index (χ3n) is 4.92. The smallest absolute Gasteiger partial charge is 0.133 e. The normalized spacial score (nSPS) is 17.8. The number of aliphatic hydroxyl groups excluding tert-OH is 1. The van der Waals surface area contributed by atoms with Crippen molar-refractivity contribution in [2.45, 2.75) is 39.0 Å². The number of rotatable bonds is 5. The summed E-state index contributed by atoms with van der Waals surface area (Å²) in [6, 6.07) is 12.5. The number of aromatic nitrogens is 1. The Hall–Kier alpha value is -2.37. The van der Waals surface area contributed by atoms with Crippen LogP contribution in [0.15, 0.2) is 47.1 Å². The quantitative estimate of drug-likeness (QED) is 0.738. The lowest BCUT2D eigenvalue weighted by Crippen LogP contribution is -2.39. The van der Waals surface area contributed by atoms with Crippen molar-refractivity contribution in [3.63, 3.8) is 0 Å². The molecule has 0 amide bonds. The SMILES string of the molecule is Cc1ccc2cc(CNCc3ccco3)c(N3CCCC(O)C3)nc2c1. The van der Waals surface area contributed by atoms with Crippen molar-refractivity contribution < 1.29 is 9.52 Å². The van der Waals surface area contributed by atoms with Crippen LogP contribution in [0.25, 0.3) is 10.9 Å². The number of hydrogen-bond donors (Lipinski definition) is 2. The minimum absolute atomic E-state index is 0.275. The number of benzene rings is 1. The van der Waals surface area contributed by atoms with Crippen LogP contribution in [0.3, 0.4) is 0 Å². The van der Waals surface area contributed by atoms with Gasteiger partial charge in [0.25, 0.3) is 0 Å². The van der Waals surface area contributed by atoms with E-state index in [-0.39, 0.29) is 6.10 Å². The maximum atomic E-state index is 10.1. The molecule has 0 radical (unpaired) electrons. The Bertz CT molecular complexity index is 876. The minimum Gasteiger partial charge on any atom is -0.468 e. The lowest BCUT2D eigenvalue weighted by Gasteiger charge is -2.32. The number of anilines is 1. The molecule has 0 saturated carbocycles. The molecule has 3 heterocycles. The van der Waals surface area contributed by atoms with Gasteiger partial charge >= 0.3 is 0 Å². The average molecular weight is 351 g/mol. The molecule has 2 aromatic heterocycles. The van der Waals surface area contributed by atoms with Gasteiger partial charge in [0, 0.05) is 30.6 Å². The van der Waals surface area contributed by atoms with Crippen LogP contribution in [0.5, 0.6) is 0 Å². The Balaban J connectivity index is 1.63. The van der Waals surface area contributed by atoms with Crippen LogP contribution >= 0.6 is 0 Å². The summed E-state index contributed by atoms with van der Waals surface area (Å²) in [6.45, 7) is 5.06. The Kier molecular flexibility index (Phi) is 4.91. The van der Waals surface area contributed by atoms with Crippen LogP contribution in [0.4, 0.5) is 5.82 Å². The van der Waals surface area contributed by atoms with Crippen LogP contribution in [-0.2, 0) is 13.1 Å². The van der Waals surface area contributed by atoms with Crippen LogP contribution in [0, 0.1) is 6.92 Å². The molecular formula is C21H25N3O2. The number of β-amino-alcohol motifs (C(OH)–C–C–N with tert-alkyl or cyclic N) is 1. The van der Waals surface area contributed by atoms with Crippen LogP contribution in [0.1, 0.15) is 29.7 Å². The highest BCUT2D eigenvalue weighted by molar-refractivity contribution is 5.82. The second-order valence-electron chi connectivity index (χ2n) is 7.09. The van der Waals surface area contributed by atoms with Crippen molar-refractivity contribution in [3.8, 4) is 0 Å². The number of nitrogens with zero attached hydrogens (tertiary/aromatic N) is 2. The van der Waals surface area contributed by atoms with Crippen molar-refractivity contribution in [1.29, 1.82) is 0 Å². The third-order valence-corrected chi connectivity index (χ3v) is 4.92. The maximum Gasteiger partial charge on any atom is 0.133 e. The first-order valence-corrected chi connectivity index (χ1v) is 9.25. The molecule has 4 rings (SSSR count). The summed E-state index contributed by atoms with van der Waals surface area (Å²) in [5.74, 6) is 1.90. The first kappa shape index (κ1) is 17.1. The number of aryl methyl sites for hydroxylation is 1. The number of aliphatic hydroxyl groups is 1. The van der Waals surface area contributed by atoms with Crippen molar-refractivity contribution in [1.82, 2.24) is 10.3 Å². The van der Waals surface area contributed by atoms with E-state index >= 15 is 0 Å². The summed E-state index contributed by atoms with van der Waals surface area (Å²) in [6.07, 6.45) is 3.28. The number of piperidine rings is 1. The molecule has 136 valence electrons. The zero-order chi connectivity index (χ0) is 17.9. The third kappa shape index (κ3) is 3.74. The highest BCUT2D eigenvalue weighted by atomic mass is 16.3. The fraction of sp³-hybridized carbons (Fsp3) is 0.381. The zero-order valence-corrected chi connectivity index (χ0v) is 15.1. The molecule has 5 heteroatoms. The predicted molar refractivity (Wildman–Crippen MR) is 103 cm³/mol. The standard InChI is InChI=1S/C21H25N3O2/c1-15-6-7-16-11-17(12-22-13-19-5-3-9-26-19)21(23-20(16)10-15)24-8-2-4-18(25)14-24/h3,5-7,9-11,18,22,25H,2,4,8,12-14H2,1H3. The molecule has 0 aliphatic carbocycles. The minimum atomic E-state index is -0.275. The summed E-state index contributed by atoms with van der Waals surface area (Å²) in [4.78, 5) is 7.18. The highest BCUT2D eigenvalue weighted by Gasteiger charge is 2.21. The monoisotopic (exact) mass is 351 g/mol. The van der Waals surface area contributed by atoms with Crippen LogP contribution < -0.4 is 10.2 Å². The van der Waals surface area contributed by atoms with Gasteiger partial charge in [0.15, 0.2) is 0 Å². The molecule has 1 fully saturated rings. The molecule has 0 bridgehead atoms. The number of pyridine rings is 1. The zero-order valence-electron chi connectivity index (χ0n) is 15.1. The lowest BCUT2D eigenvalue weighted by atomic mass is 10.1. The number of fused-ring (bicyclic) bond motifs is 1. The van der Waals surface area contributed by atoms with Crippen molar-refractivity contribution in [2.24, 2.45) is 0 Å². The number of hydrogen-bond acceptors (Lipinski definition) is 5. The Morgan fingerprint density at radius 1 is 1.27 bits per heavy atom. The molecular weight excluding hydrogens is 326 g/mol. The van der Waals surface area contributed by atoms with Gasteiger partial charge in [0.2, 0.25) is 0 Å². The van der Waals surface area contributed by atoms with Gasteiger partial charge in [-0.05, 0) is 49.6 Å². The molecule has 1 unspecified atom stereocenters. The predicted octanol–water partition coefficient (Wildman–Crippen LogP) is 3.39. The van der Waals surface area contributed by atoms with E-state index < -0.39 is 0 Å². The van der Waals surface area contributed by atoms with Gasteiger partial charge in [-0.25, -0.2) is 4.98 Å². The molecule has 0 spiro atoms. The van der Waals surface area contributed by atoms with Crippen molar-refractivity contribution in [3.05, 3.63) is 59.5 Å². The largest absolute Gasteiger partial charge is 0.468 e. The maximum absolute atomic E-state index is 10.1. The van der Waals surface area contributed by atoms with Crippen molar-refractivity contribution >= 4 is 16.7 Å². The van der Waals surface area contributed by atoms with E-state index in [0.717, 1.165) is 47.4 Å². The summed E-state index contributed by atoms with van der Waals surface area (Å²) >= 11 is 0. The topological polar surface area (TPSA) is 61.5 Å². The van der Waals surface area contributed by atoms with Gasteiger partial charge in [-0.1, -0.05) is 12.1 Å². The molecule has 5 nitrogen and oxygen atoms in total. The molecule has 1 atom stereocenters. The molecule has 1 aliphatic rings. The Morgan fingerprint density at radius 3 is 3.00 bits per heavy atom. The molecule has 3 aromatic rings. The second kappa shape index (κ2) is 7.48. The van der Waals surface area contributed by atoms with Gasteiger partial charge in [-0.15, -0.1) is 0 Å². The van der Waals surface area contributed by atoms with E-state index in [1.165, 1.54) is 5.56 Å². The van der Waals surface area contributed by atoms with Crippen LogP contribution in [0.2, 0.25) is 0 Å². The lowest BCUT2D eigenvalue weighted by molar-refractivity contribution is 0.154. The van der Waals surface area contributed by atoms with Gasteiger partial charge in [-0.2, -0.15) is 0 Å².